The summed E-state index contributed by atoms with van der Waals surface area (Å²) < 4.78 is 33.2. The molecule has 5 aromatic rings. The van der Waals surface area contributed by atoms with Crippen LogP contribution in [-0.4, -0.2) is 134 Å². The lowest BCUT2D eigenvalue weighted by atomic mass is 9.97. The number of likely N-dealkylation sites (tertiary alicyclic amines) is 2. The fraction of sp³-hybridized carbons (Fsp3) is 0.467. The highest BCUT2D eigenvalue weighted by molar-refractivity contribution is 5.91. The predicted molar refractivity (Wildman–Crippen MR) is 233 cm³/mol. The number of aromatic nitrogens is 4. The van der Waals surface area contributed by atoms with Crippen molar-refractivity contribution in [3.8, 4) is 33.8 Å². The molecule has 2 fully saturated rings. The molecule has 4 N–H and O–H groups in total. The second-order valence-electron chi connectivity index (χ2n) is 15.8. The molecule has 3 aromatic carbocycles. The number of benzene rings is 3. The van der Waals surface area contributed by atoms with E-state index in [-0.39, 0.29) is 49.6 Å². The highest BCUT2D eigenvalue weighted by Crippen LogP contribution is 2.46. The summed E-state index contributed by atoms with van der Waals surface area (Å²) in [5, 5.41) is 5.19. The molecule has 2 saturated heterocycles. The molecule has 4 heterocycles. The smallest absolute Gasteiger partial charge is 0.407 e. The number of aromatic amines is 2. The van der Waals surface area contributed by atoms with Gasteiger partial charge in [-0.25, -0.2) is 19.6 Å². The number of fused-ring (bicyclic) bond motifs is 2. The third-order valence-corrected chi connectivity index (χ3v) is 11.5. The van der Waals surface area contributed by atoms with E-state index >= 15 is 0 Å². The third-order valence-electron chi connectivity index (χ3n) is 11.5. The summed E-state index contributed by atoms with van der Waals surface area (Å²) in [6.45, 7) is 5.91. The molecule has 2 aliphatic heterocycles. The van der Waals surface area contributed by atoms with Crippen LogP contribution in [0.15, 0.2) is 48.5 Å². The SMILES string of the molecule is COCCOc1c(-c2ccc3nc(C4CCCN4C(=O)CNC(=O)OC)[nH]c3c2)ccc(-c2ccc3nc([C@@H]4CCCN4C(=O)C(NC(=O)OC)C(C)C)[nH]c3c2)c1OCCOC. The molecule has 0 bridgehead atoms. The molecular weight excluding hydrogens is 813 g/mol. The van der Waals surface area contributed by atoms with Crippen LogP contribution in [0.2, 0.25) is 0 Å². The number of ether oxygens (including phenoxy) is 6. The first kappa shape index (κ1) is 44.6. The molecule has 18 heteroatoms. The Morgan fingerprint density at radius 3 is 1.70 bits per heavy atom. The van der Waals surface area contributed by atoms with Crippen LogP contribution < -0.4 is 20.1 Å². The van der Waals surface area contributed by atoms with Crippen molar-refractivity contribution in [3.05, 3.63) is 60.2 Å². The summed E-state index contributed by atoms with van der Waals surface area (Å²) >= 11 is 0. The normalized spacial score (nSPS) is 16.7. The van der Waals surface area contributed by atoms with Gasteiger partial charge < -0.3 is 58.8 Å². The van der Waals surface area contributed by atoms with Gasteiger partial charge in [-0.3, -0.25) is 9.59 Å². The van der Waals surface area contributed by atoms with Crippen LogP contribution in [0, 0.1) is 5.92 Å². The number of carbonyl (C=O) groups excluding carboxylic acids is 4. The molecule has 63 heavy (non-hydrogen) atoms. The number of nitrogens with one attached hydrogen (secondary N) is 4. The quantitative estimate of drug-likeness (QED) is 0.0807. The van der Waals surface area contributed by atoms with Gasteiger partial charge in [0.2, 0.25) is 11.8 Å². The number of alkyl carbamates (subject to hydrolysis) is 2. The largest absolute Gasteiger partial charge is 0.487 e. The van der Waals surface area contributed by atoms with E-state index in [0.717, 1.165) is 70.0 Å². The lowest BCUT2D eigenvalue weighted by Crippen LogP contribution is -2.51. The Morgan fingerprint density at radius 2 is 1.21 bits per heavy atom. The van der Waals surface area contributed by atoms with E-state index in [1.807, 2.05) is 62.4 Å². The fourth-order valence-electron chi connectivity index (χ4n) is 8.33. The summed E-state index contributed by atoms with van der Waals surface area (Å²) in [5.41, 5.74) is 6.31. The van der Waals surface area contributed by atoms with Crippen LogP contribution in [0.1, 0.15) is 63.3 Å². The van der Waals surface area contributed by atoms with Crippen molar-refractivity contribution in [3.63, 3.8) is 0 Å². The number of hydrogen-bond acceptors (Lipinski definition) is 12. The fourth-order valence-corrected chi connectivity index (χ4v) is 8.33. The van der Waals surface area contributed by atoms with Gasteiger partial charge >= 0.3 is 12.2 Å². The Balaban J connectivity index is 1.22. The highest BCUT2D eigenvalue weighted by atomic mass is 16.6. The molecule has 2 unspecified atom stereocenters. The summed E-state index contributed by atoms with van der Waals surface area (Å²) in [5.74, 6) is 1.85. The van der Waals surface area contributed by atoms with E-state index < -0.39 is 18.2 Å². The molecule has 7 rings (SSSR count). The molecule has 3 atom stereocenters. The zero-order valence-electron chi connectivity index (χ0n) is 36.6. The zero-order chi connectivity index (χ0) is 44.6. The molecule has 4 amide bonds. The van der Waals surface area contributed by atoms with Gasteiger partial charge in [0.25, 0.3) is 0 Å². The van der Waals surface area contributed by atoms with E-state index in [4.69, 9.17) is 33.7 Å². The third kappa shape index (κ3) is 9.81. The first-order valence-electron chi connectivity index (χ1n) is 21.2. The number of carbonyl (C=O) groups is 4. The molecule has 18 nitrogen and oxygen atoms in total. The van der Waals surface area contributed by atoms with Gasteiger partial charge in [-0.15, -0.1) is 0 Å². The number of imidazole rings is 2. The Labute approximate surface area is 365 Å². The van der Waals surface area contributed by atoms with Crippen LogP contribution >= 0.6 is 0 Å². The van der Waals surface area contributed by atoms with Crippen molar-refractivity contribution in [1.82, 2.24) is 40.4 Å². The minimum Gasteiger partial charge on any atom is -0.487 e. The van der Waals surface area contributed by atoms with Crippen molar-refractivity contribution < 1.29 is 47.6 Å². The van der Waals surface area contributed by atoms with Gasteiger partial charge in [0.05, 0.1) is 61.6 Å². The van der Waals surface area contributed by atoms with Gasteiger partial charge in [0.15, 0.2) is 11.5 Å². The van der Waals surface area contributed by atoms with Crippen LogP contribution in [0.3, 0.4) is 0 Å². The Morgan fingerprint density at radius 1 is 0.698 bits per heavy atom. The van der Waals surface area contributed by atoms with Crippen molar-refractivity contribution in [2.24, 2.45) is 5.92 Å². The van der Waals surface area contributed by atoms with Crippen molar-refractivity contribution in [2.75, 3.05) is 74.5 Å². The minimum atomic E-state index is -0.739. The van der Waals surface area contributed by atoms with E-state index in [9.17, 15) is 19.2 Å². The second kappa shape index (κ2) is 20.2. The standard InChI is InChI=1S/C45H56N8O10/c1-26(2)38(51-45(57)61-6)43(55)53-18-8-10-36(53)42-48-32-16-12-28(24-34(32)50-42)30-14-13-29(39(62-21-19-58-3)40(30)63-22-20-59-4)27-11-15-31-33(23-27)49-41(47-31)35-9-7-17-52(35)37(54)25-46-44(56)60-5/h11-16,23-24,26,35-36,38H,7-10,17-22,25H2,1-6H3,(H,46,56)(H,47,49)(H,48,50)(H,51,57)/t35?,36-,38?/m0/s1. The predicted octanol–water partition coefficient (Wildman–Crippen LogP) is 5.89. The molecule has 2 aromatic heterocycles. The Kier molecular flexibility index (Phi) is 14.3. The molecule has 0 radical (unpaired) electrons. The summed E-state index contributed by atoms with van der Waals surface area (Å²) in [6, 6.07) is 14.6. The van der Waals surface area contributed by atoms with Crippen LogP contribution in [0.5, 0.6) is 11.5 Å². The van der Waals surface area contributed by atoms with E-state index in [0.29, 0.717) is 49.5 Å². The number of H-pyrrole nitrogens is 2. The monoisotopic (exact) mass is 868 g/mol. The second-order valence-corrected chi connectivity index (χ2v) is 15.8. The summed E-state index contributed by atoms with van der Waals surface area (Å²) in [6.07, 6.45) is 1.75. The zero-order valence-corrected chi connectivity index (χ0v) is 36.6. The number of amides is 4. The van der Waals surface area contributed by atoms with E-state index in [2.05, 4.69) is 25.3 Å². The summed E-state index contributed by atoms with van der Waals surface area (Å²) in [7, 11) is 5.77. The first-order valence-corrected chi connectivity index (χ1v) is 21.2. The molecule has 0 aliphatic carbocycles. The van der Waals surface area contributed by atoms with Gasteiger partial charge in [0.1, 0.15) is 37.4 Å². The number of nitrogens with zero attached hydrogens (tertiary/aromatic N) is 4. The maximum Gasteiger partial charge on any atom is 0.407 e. The average molecular weight is 869 g/mol. The summed E-state index contributed by atoms with van der Waals surface area (Å²) in [4.78, 5) is 70.9. The Hall–Kier alpha value is -6.40. The highest BCUT2D eigenvalue weighted by Gasteiger charge is 2.38. The van der Waals surface area contributed by atoms with Crippen molar-refractivity contribution in [2.45, 2.75) is 57.7 Å². The topological polar surface area (TPSA) is 212 Å². The van der Waals surface area contributed by atoms with Gasteiger partial charge in [-0.1, -0.05) is 26.0 Å². The van der Waals surface area contributed by atoms with E-state index in [1.54, 1.807) is 24.0 Å². The number of rotatable bonds is 17. The average Bonchev–Trinajstić information content (AvgIpc) is 4.12. The lowest BCUT2D eigenvalue weighted by molar-refractivity contribution is -0.135. The maximum atomic E-state index is 13.8. The van der Waals surface area contributed by atoms with Crippen LogP contribution in [0.25, 0.3) is 44.3 Å². The molecule has 2 aliphatic rings. The number of hydrogen-bond donors (Lipinski definition) is 4. The first-order chi connectivity index (χ1) is 30.5. The lowest BCUT2D eigenvalue weighted by Gasteiger charge is -2.29. The molecular formula is C45H56N8O10. The maximum absolute atomic E-state index is 13.8. The minimum absolute atomic E-state index is 0.149. The molecule has 0 spiro atoms. The molecule has 0 saturated carbocycles. The molecule has 336 valence electrons. The number of methoxy groups -OCH3 is 4. The Bertz CT molecular complexity index is 2430. The van der Waals surface area contributed by atoms with Crippen LogP contribution in [0.4, 0.5) is 9.59 Å². The van der Waals surface area contributed by atoms with Crippen molar-refractivity contribution >= 4 is 46.1 Å². The van der Waals surface area contributed by atoms with Gasteiger partial charge in [-0.2, -0.15) is 0 Å². The van der Waals surface area contributed by atoms with Gasteiger partial charge in [0, 0.05) is 38.4 Å². The van der Waals surface area contributed by atoms with Gasteiger partial charge in [-0.05, 0) is 79.1 Å². The van der Waals surface area contributed by atoms with Crippen LogP contribution in [-0.2, 0) is 28.5 Å². The van der Waals surface area contributed by atoms with E-state index in [1.165, 1.54) is 14.2 Å². The van der Waals surface area contributed by atoms with Crippen molar-refractivity contribution in [1.29, 1.82) is 0 Å².